The van der Waals surface area contributed by atoms with Crippen LogP contribution in [0.25, 0.3) is 0 Å². The number of nitrogens with one attached hydrogen (secondary N) is 1. The van der Waals surface area contributed by atoms with E-state index in [2.05, 4.69) is 5.43 Å². The molecule has 1 N–H and O–H groups in total. The Bertz CT molecular complexity index is 809. The van der Waals surface area contributed by atoms with Gasteiger partial charge < -0.3 is 14.2 Å². The highest BCUT2D eigenvalue weighted by Gasteiger charge is 2.52. The Hall–Kier alpha value is -3.10. The van der Waals surface area contributed by atoms with Crippen LogP contribution in [-0.4, -0.2) is 45.7 Å². The number of hydrazine groups is 1. The van der Waals surface area contributed by atoms with E-state index >= 15 is 0 Å². The Morgan fingerprint density at radius 3 is 1.84 bits per heavy atom. The van der Waals surface area contributed by atoms with E-state index in [1.165, 1.54) is 26.0 Å². The number of esters is 1. The summed E-state index contributed by atoms with van der Waals surface area (Å²) in [4.78, 5) is 51.4. The first-order valence-corrected chi connectivity index (χ1v) is 9.93. The maximum Gasteiger partial charge on any atom is 0.430 e. The van der Waals surface area contributed by atoms with Crippen molar-refractivity contribution >= 4 is 23.9 Å². The number of hydrogen-bond donors (Lipinski definition) is 1. The molecule has 9 nitrogen and oxygen atoms in total. The molecule has 0 aliphatic carbocycles. The average Bonchev–Trinajstić information content (AvgIpc) is 2.62. The topological polar surface area (TPSA) is 111 Å². The lowest BCUT2D eigenvalue weighted by molar-refractivity contribution is -0.156. The molecule has 1 aromatic rings. The van der Waals surface area contributed by atoms with Crippen LogP contribution in [0.3, 0.4) is 0 Å². The van der Waals surface area contributed by atoms with Gasteiger partial charge in [-0.3, -0.25) is 4.79 Å². The predicted octanol–water partition coefficient (Wildman–Crippen LogP) is 4.01. The molecule has 0 bridgehead atoms. The van der Waals surface area contributed by atoms with Crippen LogP contribution in [0.15, 0.2) is 30.3 Å². The van der Waals surface area contributed by atoms with Crippen LogP contribution in [0.2, 0.25) is 0 Å². The number of hydrogen-bond acceptors (Lipinski definition) is 7. The first-order chi connectivity index (χ1) is 14.1. The summed E-state index contributed by atoms with van der Waals surface area (Å²) in [5.74, 6) is -1.56. The minimum absolute atomic E-state index is 0.115. The number of nitrogens with zero attached hydrogens (tertiary/aromatic N) is 1. The SMILES string of the molecule is CCC(=O)C(C)(C(=O)Oc1ccccc1)N(NC(=O)OC(C)(C)C)C(=O)OC(C)(C)C. The zero-order chi connectivity index (χ0) is 24.0. The van der Waals surface area contributed by atoms with Crippen LogP contribution >= 0.6 is 0 Å². The Labute approximate surface area is 183 Å². The van der Waals surface area contributed by atoms with Gasteiger partial charge in [0.05, 0.1) is 0 Å². The zero-order valence-electron chi connectivity index (χ0n) is 19.4. The summed E-state index contributed by atoms with van der Waals surface area (Å²) in [5, 5.41) is 0.531. The Kier molecular flexibility index (Phi) is 8.20. The molecule has 0 saturated carbocycles. The Morgan fingerprint density at radius 2 is 1.39 bits per heavy atom. The largest absolute Gasteiger partial charge is 0.443 e. The number of carbonyl (C=O) groups excluding carboxylic acids is 4. The van der Waals surface area contributed by atoms with Gasteiger partial charge in [-0.15, -0.1) is 0 Å². The molecule has 9 heteroatoms. The summed E-state index contributed by atoms with van der Waals surface area (Å²) in [7, 11) is 0. The molecule has 0 heterocycles. The molecule has 2 amide bonds. The molecule has 1 aromatic carbocycles. The van der Waals surface area contributed by atoms with Crippen LogP contribution in [0, 0.1) is 0 Å². The second kappa shape index (κ2) is 9.80. The monoisotopic (exact) mass is 436 g/mol. The van der Waals surface area contributed by atoms with Gasteiger partial charge in [0.2, 0.25) is 5.54 Å². The van der Waals surface area contributed by atoms with Gasteiger partial charge in [-0.25, -0.2) is 19.8 Å². The Morgan fingerprint density at radius 1 is 0.871 bits per heavy atom. The summed E-state index contributed by atoms with van der Waals surface area (Å²) >= 11 is 0. The number of Topliss-reactive ketones (excluding diaryl/α,β-unsaturated/α-hetero) is 1. The highest BCUT2D eigenvalue weighted by molar-refractivity contribution is 6.10. The van der Waals surface area contributed by atoms with Crippen molar-refractivity contribution in [1.29, 1.82) is 0 Å². The van der Waals surface area contributed by atoms with Gasteiger partial charge in [0.25, 0.3) is 0 Å². The van der Waals surface area contributed by atoms with Crippen LogP contribution in [0.5, 0.6) is 5.75 Å². The van der Waals surface area contributed by atoms with Crippen molar-refractivity contribution in [3.8, 4) is 5.75 Å². The zero-order valence-corrected chi connectivity index (χ0v) is 19.4. The number of rotatable bonds is 5. The van der Waals surface area contributed by atoms with Crippen molar-refractivity contribution in [1.82, 2.24) is 10.4 Å². The van der Waals surface area contributed by atoms with E-state index in [9.17, 15) is 19.2 Å². The second-order valence-corrected chi connectivity index (χ2v) is 8.98. The number of carbonyl (C=O) groups is 4. The summed E-state index contributed by atoms with van der Waals surface area (Å²) in [6.07, 6.45) is -2.27. The standard InChI is InChI=1S/C22H32N2O7/c1-9-16(25)22(8,17(26)29-15-13-11-10-12-14-15)24(19(28)31-21(5,6)7)23-18(27)30-20(2,3)4/h10-14H,9H2,1-8H3,(H,23,27). The summed E-state index contributed by atoms with van der Waals surface area (Å²) in [6.45, 7) is 12.4. The molecule has 1 unspecified atom stereocenters. The molecule has 0 aliphatic rings. The van der Waals surface area contributed by atoms with Crippen molar-refractivity contribution in [3.05, 3.63) is 30.3 Å². The molecule has 1 atom stereocenters. The third-order valence-electron chi connectivity index (χ3n) is 3.84. The van der Waals surface area contributed by atoms with E-state index in [-0.39, 0.29) is 12.2 Å². The lowest BCUT2D eigenvalue weighted by atomic mass is 9.94. The molecular formula is C22H32N2O7. The first kappa shape index (κ1) is 25.9. The summed E-state index contributed by atoms with van der Waals surface area (Å²) < 4.78 is 15.9. The minimum Gasteiger partial charge on any atom is -0.443 e. The maximum atomic E-state index is 13.1. The number of amides is 2. The van der Waals surface area contributed by atoms with Crippen LogP contribution < -0.4 is 10.2 Å². The highest BCUT2D eigenvalue weighted by atomic mass is 16.6. The van der Waals surface area contributed by atoms with Crippen molar-refractivity contribution in [2.45, 2.75) is 78.6 Å². The number of para-hydroxylation sites is 1. The molecule has 0 aliphatic heterocycles. The molecule has 0 spiro atoms. The molecule has 0 saturated heterocycles. The van der Waals surface area contributed by atoms with E-state index < -0.39 is 40.7 Å². The highest BCUT2D eigenvalue weighted by Crippen LogP contribution is 2.24. The fourth-order valence-corrected chi connectivity index (χ4v) is 2.41. The third-order valence-corrected chi connectivity index (χ3v) is 3.84. The van der Waals surface area contributed by atoms with Gasteiger partial charge in [-0.2, -0.15) is 5.01 Å². The second-order valence-electron chi connectivity index (χ2n) is 8.98. The van der Waals surface area contributed by atoms with Crippen molar-refractivity contribution < 1.29 is 33.4 Å². The average molecular weight is 437 g/mol. The third kappa shape index (κ3) is 7.58. The van der Waals surface area contributed by atoms with Gasteiger partial charge in [-0.05, 0) is 60.6 Å². The van der Waals surface area contributed by atoms with Gasteiger partial charge in [-0.1, -0.05) is 25.1 Å². The van der Waals surface area contributed by atoms with Crippen LogP contribution in [0.1, 0.15) is 61.8 Å². The van der Waals surface area contributed by atoms with E-state index in [0.29, 0.717) is 5.01 Å². The molecule has 0 radical (unpaired) electrons. The molecule has 0 aromatic heterocycles. The van der Waals surface area contributed by atoms with Gasteiger partial charge in [0, 0.05) is 6.42 Å². The molecule has 1 rings (SSSR count). The molecule has 0 fully saturated rings. The van der Waals surface area contributed by atoms with E-state index in [4.69, 9.17) is 14.2 Å². The predicted molar refractivity (Wildman–Crippen MR) is 113 cm³/mol. The minimum atomic E-state index is -2.22. The number of benzene rings is 1. The molecule has 31 heavy (non-hydrogen) atoms. The quantitative estimate of drug-likeness (QED) is 0.321. The lowest BCUT2D eigenvalue weighted by Gasteiger charge is -2.38. The first-order valence-electron chi connectivity index (χ1n) is 9.93. The van der Waals surface area contributed by atoms with E-state index in [0.717, 1.165) is 0 Å². The van der Waals surface area contributed by atoms with E-state index in [1.54, 1.807) is 59.7 Å². The smallest absolute Gasteiger partial charge is 0.430 e. The number of ether oxygens (including phenoxy) is 3. The summed E-state index contributed by atoms with van der Waals surface area (Å²) in [6, 6.07) is 8.06. The van der Waals surface area contributed by atoms with Crippen molar-refractivity contribution in [2.24, 2.45) is 0 Å². The molecule has 172 valence electrons. The van der Waals surface area contributed by atoms with Gasteiger partial charge >= 0.3 is 18.2 Å². The molecular weight excluding hydrogens is 404 g/mol. The number of ketones is 1. The fraction of sp³-hybridized carbons (Fsp3) is 0.545. The summed E-state index contributed by atoms with van der Waals surface area (Å²) in [5.41, 5.74) is -1.88. The van der Waals surface area contributed by atoms with Crippen LogP contribution in [-0.2, 0) is 19.1 Å². The van der Waals surface area contributed by atoms with Gasteiger partial charge in [0.15, 0.2) is 5.78 Å². The fourth-order valence-electron chi connectivity index (χ4n) is 2.41. The van der Waals surface area contributed by atoms with Crippen molar-refractivity contribution in [3.63, 3.8) is 0 Å². The lowest BCUT2D eigenvalue weighted by Crippen LogP contribution is -2.67. The van der Waals surface area contributed by atoms with E-state index in [1.807, 2.05) is 0 Å². The van der Waals surface area contributed by atoms with Gasteiger partial charge in [0.1, 0.15) is 17.0 Å². The van der Waals surface area contributed by atoms with Crippen LogP contribution in [0.4, 0.5) is 9.59 Å². The van der Waals surface area contributed by atoms with Crippen molar-refractivity contribution in [2.75, 3.05) is 0 Å². The Balaban J connectivity index is 3.41. The maximum absolute atomic E-state index is 13.1. The normalized spacial score (nSPS) is 13.4.